The van der Waals surface area contributed by atoms with Crippen LogP contribution in [0.15, 0.2) is 24.4 Å². The van der Waals surface area contributed by atoms with Gasteiger partial charge in [0.05, 0.1) is 0 Å². The quantitative estimate of drug-likeness (QED) is 0.616. The van der Waals surface area contributed by atoms with E-state index in [4.69, 9.17) is 0 Å². The molecule has 0 bridgehead atoms. The third-order valence-electron chi connectivity index (χ3n) is 1.85. The van der Waals surface area contributed by atoms with Gasteiger partial charge in [-0.2, -0.15) is 0 Å². The van der Waals surface area contributed by atoms with Gasteiger partial charge in [0.15, 0.2) is 0 Å². The predicted molar refractivity (Wildman–Crippen MR) is 49.7 cm³/mol. The number of aromatic amines is 1. The molecule has 0 fully saturated rings. The Labute approximate surface area is 71.2 Å². The summed E-state index contributed by atoms with van der Waals surface area (Å²) >= 11 is 0. The smallest absolute Gasteiger partial charge is 0.123 e. The molecule has 0 saturated carbocycles. The van der Waals surface area contributed by atoms with Crippen molar-refractivity contribution in [1.82, 2.24) is 4.98 Å². The number of rotatable bonds is 0. The lowest BCUT2D eigenvalue weighted by molar-refractivity contribution is 0.629. The highest BCUT2D eigenvalue weighted by molar-refractivity contribution is 5.82. The number of hydrogen-bond donors (Lipinski definition) is 1. The molecule has 2 rings (SSSR count). The van der Waals surface area contributed by atoms with Crippen LogP contribution in [0.25, 0.3) is 10.9 Å². The average molecular weight is 165 g/mol. The first-order valence-electron chi connectivity index (χ1n) is 3.50. The second kappa shape index (κ2) is 2.97. The fraction of sp³-hybridized carbons (Fsp3) is 0.200. The van der Waals surface area contributed by atoms with Crippen molar-refractivity contribution in [2.24, 2.45) is 0 Å². The van der Waals surface area contributed by atoms with E-state index in [0.29, 0.717) is 0 Å². The minimum Gasteiger partial charge on any atom is -0.361 e. The molecule has 1 aromatic carbocycles. The molecule has 0 saturated heterocycles. The van der Waals surface area contributed by atoms with Crippen molar-refractivity contribution in [3.05, 3.63) is 35.8 Å². The highest BCUT2D eigenvalue weighted by Gasteiger charge is 1.98. The number of H-pyrrole nitrogens is 1. The molecule has 0 aliphatic rings. The van der Waals surface area contributed by atoms with Crippen LogP contribution in [-0.2, 0) is 0 Å². The van der Waals surface area contributed by atoms with Gasteiger partial charge in [0.1, 0.15) is 5.82 Å². The van der Waals surface area contributed by atoms with E-state index >= 15 is 0 Å². The monoisotopic (exact) mass is 165 g/mol. The molecule has 64 valence electrons. The first-order valence-corrected chi connectivity index (χ1v) is 3.50. The third kappa shape index (κ3) is 1.20. The Kier molecular flexibility index (Phi) is 2.18. The highest BCUT2D eigenvalue weighted by atomic mass is 19.1. The first kappa shape index (κ1) is 8.78. The van der Waals surface area contributed by atoms with E-state index in [-0.39, 0.29) is 13.2 Å². The van der Waals surface area contributed by atoms with Gasteiger partial charge in [0.25, 0.3) is 0 Å². The fourth-order valence-corrected chi connectivity index (χ4v) is 1.23. The van der Waals surface area contributed by atoms with Crippen molar-refractivity contribution >= 4 is 10.9 Å². The Balaban J connectivity index is 0.000000720. The van der Waals surface area contributed by atoms with Gasteiger partial charge in [-0.05, 0) is 30.7 Å². The molecule has 1 heterocycles. The number of aryl methyl sites for hydroxylation is 1. The van der Waals surface area contributed by atoms with E-state index in [1.807, 2.05) is 13.1 Å². The summed E-state index contributed by atoms with van der Waals surface area (Å²) in [4.78, 5) is 3.05. The van der Waals surface area contributed by atoms with Crippen LogP contribution in [0.1, 0.15) is 13.0 Å². The summed E-state index contributed by atoms with van der Waals surface area (Å²) in [7, 11) is 0. The van der Waals surface area contributed by atoms with Gasteiger partial charge in [0.2, 0.25) is 0 Å². The largest absolute Gasteiger partial charge is 0.361 e. The lowest BCUT2D eigenvalue weighted by Crippen LogP contribution is -1.73. The van der Waals surface area contributed by atoms with Gasteiger partial charge in [-0.25, -0.2) is 4.39 Å². The van der Waals surface area contributed by atoms with Crippen LogP contribution in [0.2, 0.25) is 0 Å². The van der Waals surface area contributed by atoms with E-state index in [1.165, 1.54) is 6.07 Å². The summed E-state index contributed by atoms with van der Waals surface area (Å²) in [6.07, 6.45) is 1.88. The molecule has 0 aliphatic heterocycles. The Hall–Kier alpha value is -1.31. The van der Waals surface area contributed by atoms with Crippen molar-refractivity contribution in [2.75, 3.05) is 0 Å². The molecule has 2 aromatic rings. The van der Waals surface area contributed by atoms with E-state index in [9.17, 15) is 4.39 Å². The van der Waals surface area contributed by atoms with Crippen molar-refractivity contribution in [1.29, 1.82) is 0 Å². The number of fused-ring (bicyclic) bond motifs is 1. The van der Waals surface area contributed by atoms with Crippen LogP contribution >= 0.6 is 0 Å². The number of nitrogens with one attached hydrogen (secondary N) is 1. The van der Waals surface area contributed by atoms with Crippen molar-refractivity contribution in [3.8, 4) is 0 Å². The normalized spacial score (nSPS) is 9.83. The van der Waals surface area contributed by atoms with Gasteiger partial charge in [-0.3, -0.25) is 0 Å². The summed E-state index contributed by atoms with van der Waals surface area (Å²) in [6.45, 7) is 1.96. The molecule has 0 amide bonds. The Morgan fingerprint density at radius 2 is 2.08 bits per heavy atom. The summed E-state index contributed by atoms with van der Waals surface area (Å²) < 4.78 is 12.7. The van der Waals surface area contributed by atoms with Crippen LogP contribution in [0.5, 0.6) is 0 Å². The van der Waals surface area contributed by atoms with Gasteiger partial charge < -0.3 is 4.98 Å². The molecular formula is C10H12FN. The first-order chi connectivity index (χ1) is 5.27. The molecule has 0 spiro atoms. The lowest BCUT2D eigenvalue weighted by atomic mass is 10.2. The lowest BCUT2D eigenvalue weighted by Gasteiger charge is -1.90. The molecule has 1 nitrogen and oxygen atoms in total. The number of hydrogen-bond acceptors (Lipinski definition) is 0. The maximum atomic E-state index is 12.7. The van der Waals surface area contributed by atoms with Crippen molar-refractivity contribution < 1.29 is 4.39 Å². The predicted octanol–water partition coefficient (Wildman–Crippen LogP) is 3.25. The number of halogens is 1. The van der Waals surface area contributed by atoms with E-state index in [1.54, 1.807) is 12.1 Å². The standard InChI is InChI=1S/C9H8FN.CH4/c1-6-5-11-9-3-2-7(10)4-8(6)9;/h2-5,11H,1H3;1H4. The van der Waals surface area contributed by atoms with E-state index in [2.05, 4.69) is 4.98 Å². The molecule has 2 heteroatoms. The molecule has 0 unspecified atom stereocenters. The maximum absolute atomic E-state index is 12.7. The van der Waals surface area contributed by atoms with Gasteiger partial charge in [-0.15, -0.1) is 0 Å². The Morgan fingerprint density at radius 1 is 1.33 bits per heavy atom. The van der Waals surface area contributed by atoms with E-state index < -0.39 is 0 Å². The van der Waals surface area contributed by atoms with Crippen LogP contribution in [0.4, 0.5) is 4.39 Å². The van der Waals surface area contributed by atoms with Crippen molar-refractivity contribution in [2.45, 2.75) is 14.4 Å². The topological polar surface area (TPSA) is 15.8 Å². The Bertz CT molecular complexity index is 390. The summed E-state index contributed by atoms with van der Waals surface area (Å²) in [6, 6.07) is 4.75. The molecule has 12 heavy (non-hydrogen) atoms. The van der Waals surface area contributed by atoms with Crippen molar-refractivity contribution in [3.63, 3.8) is 0 Å². The minimum absolute atomic E-state index is 0. The zero-order valence-electron chi connectivity index (χ0n) is 6.19. The molecule has 0 radical (unpaired) electrons. The average Bonchev–Trinajstić information content (AvgIpc) is 2.33. The second-order valence-corrected chi connectivity index (χ2v) is 2.66. The maximum Gasteiger partial charge on any atom is 0.123 e. The number of aromatic nitrogens is 1. The summed E-state index contributed by atoms with van der Waals surface area (Å²) in [5.41, 5.74) is 2.07. The second-order valence-electron chi connectivity index (χ2n) is 2.66. The van der Waals surface area contributed by atoms with Gasteiger partial charge in [0, 0.05) is 17.1 Å². The SMILES string of the molecule is C.Cc1c[nH]c2ccc(F)cc12. The summed E-state index contributed by atoms with van der Waals surface area (Å²) in [5, 5.41) is 0.963. The molecular weight excluding hydrogens is 153 g/mol. The molecule has 0 atom stereocenters. The minimum atomic E-state index is -0.180. The fourth-order valence-electron chi connectivity index (χ4n) is 1.23. The molecule has 1 N–H and O–H groups in total. The van der Waals surface area contributed by atoms with Crippen LogP contribution in [0.3, 0.4) is 0 Å². The number of benzene rings is 1. The van der Waals surface area contributed by atoms with Crippen LogP contribution in [0, 0.1) is 12.7 Å². The van der Waals surface area contributed by atoms with Gasteiger partial charge in [-0.1, -0.05) is 7.43 Å². The van der Waals surface area contributed by atoms with Crippen LogP contribution in [-0.4, -0.2) is 4.98 Å². The molecule has 0 aliphatic carbocycles. The van der Waals surface area contributed by atoms with E-state index in [0.717, 1.165) is 16.5 Å². The Morgan fingerprint density at radius 3 is 2.83 bits per heavy atom. The summed E-state index contributed by atoms with van der Waals surface area (Å²) in [5.74, 6) is -0.180. The highest BCUT2D eigenvalue weighted by Crippen LogP contribution is 2.17. The third-order valence-corrected chi connectivity index (χ3v) is 1.85. The molecule has 1 aromatic heterocycles. The zero-order valence-corrected chi connectivity index (χ0v) is 6.19. The van der Waals surface area contributed by atoms with Crippen LogP contribution < -0.4 is 0 Å². The zero-order chi connectivity index (χ0) is 7.84. The van der Waals surface area contributed by atoms with Gasteiger partial charge >= 0.3 is 0 Å².